The van der Waals surface area contributed by atoms with Crippen molar-refractivity contribution < 1.29 is 9.53 Å². The quantitative estimate of drug-likeness (QED) is 0.770. The van der Waals surface area contributed by atoms with Crippen molar-refractivity contribution in [2.24, 2.45) is 17.6 Å². The molecule has 0 spiro atoms. The van der Waals surface area contributed by atoms with Crippen LogP contribution in [0.25, 0.3) is 0 Å². The maximum Gasteiger partial charge on any atom is 0.326 e. The Labute approximate surface area is 110 Å². The fourth-order valence-electron chi connectivity index (χ4n) is 3.42. The fraction of sp³-hybridized carbons (Fsp3) is 0.933. The average molecular weight is 253 g/mol. The van der Waals surface area contributed by atoms with E-state index >= 15 is 0 Å². The van der Waals surface area contributed by atoms with Crippen molar-refractivity contribution in [3.8, 4) is 0 Å². The molecular weight excluding hydrogens is 226 g/mol. The highest BCUT2D eigenvalue weighted by Crippen LogP contribution is 2.34. The van der Waals surface area contributed by atoms with E-state index in [9.17, 15) is 4.79 Å². The van der Waals surface area contributed by atoms with E-state index in [1.807, 2.05) is 0 Å². The van der Waals surface area contributed by atoms with Crippen LogP contribution in [-0.2, 0) is 9.53 Å². The van der Waals surface area contributed by atoms with Gasteiger partial charge in [0, 0.05) is 0 Å². The number of ether oxygens (including phenoxy) is 1. The van der Waals surface area contributed by atoms with Crippen molar-refractivity contribution in [3.05, 3.63) is 0 Å². The van der Waals surface area contributed by atoms with Gasteiger partial charge >= 0.3 is 5.97 Å². The van der Waals surface area contributed by atoms with Gasteiger partial charge in [-0.25, -0.2) is 0 Å². The van der Waals surface area contributed by atoms with E-state index in [-0.39, 0.29) is 18.0 Å². The van der Waals surface area contributed by atoms with Crippen molar-refractivity contribution in [1.82, 2.24) is 0 Å². The lowest BCUT2D eigenvalue weighted by molar-refractivity contribution is -0.161. The Balaban J connectivity index is 1.93. The Bertz CT molecular complexity index is 305. The average Bonchev–Trinajstić information content (AvgIpc) is 2.33. The Hall–Kier alpha value is -0.570. The third kappa shape index (κ3) is 2.87. The molecule has 2 fully saturated rings. The summed E-state index contributed by atoms with van der Waals surface area (Å²) in [6, 6.07) is 0. The second kappa shape index (κ2) is 5.60. The van der Waals surface area contributed by atoms with Gasteiger partial charge in [-0.2, -0.15) is 0 Å². The standard InChI is InChI=1S/C15H27NO2/c1-11-6-5-8-13(10-11)18-14(17)15(16)9-4-3-7-12(15)2/h11-13H,3-10,16H2,1-2H3. The minimum Gasteiger partial charge on any atom is -0.461 e. The third-order valence-electron chi connectivity index (χ3n) is 4.90. The lowest BCUT2D eigenvalue weighted by Gasteiger charge is -2.38. The molecule has 0 radical (unpaired) electrons. The fourth-order valence-corrected chi connectivity index (χ4v) is 3.42. The summed E-state index contributed by atoms with van der Waals surface area (Å²) >= 11 is 0. The molecule has 2 aliphatic rings. The Morgan fingerprint density at radius 1 is 1.17 bits per heavy atom. The van der Waals surface area contributed by atoms with Gasteiger partial charge in [0.2, 0.25) is 0 Å². The van der Waals surface area contributed by atoms with E-state index in [4.69, 9.17) is 10.5 Å². The minimum atomic E-state index is -0.723. The van der Waals surface area contributed by atoms with Gasteiger partial charge in [-0.3, -0.25) is 4.79 Å². The van der Waals surface area contributed by atoms with Gasteiger partial charge in [0.1, 0.15) is 11.6 Å². The first-order valence-electron chi connectivity index (χ1n) is 7.52. The summed E-state index contributed by atoms with van der Waals surface area (Å²) in [5, 5.41) is 0. The summed E-state index contributed by atoms with van der Waals surface area (Å²) in [4.78, 5) is 12.4. The van der Waals surface area contributed by atoms with Crippen molar-refractivity contribution in [3.63, 3.8) is 0 Å². The largest absolute Gasteiger partial charge is 0.461 e. The molecule has 2 saturated carbocycles. The molecule has 0 bridgehead atoms. The molecule has 0 aliphatic heterocycles. The molecule has 2 rings (SSSR count). The van der Waals surface area contributed by atoms with Crippen LogP contribution in [0.3, 0.4) is 0 Å². The van der Waals surface area contributed by atoms with Gasteiger partial charge in [0.15, 0.2) is 0 Å². The zero-order chi connectivity index (χ0) is 13.2. The SMILES string of the molecule is CC1CCCC(OC(=O)C2(N)CCCCC2C)C1. The number of carbonyl (C=O) groups excluding carboxylic acids is 1. The number of hydrogen-bond acceptors (Lipinski definition) is 3. The number of nitrogens with two attached hydrogens (primary N) is 1. The van der Waals surface area contributed by atoms with Crippen molar-refractivity contribution in [2.75, 3.05) is 0 Å². The van der Waals surface area contributed by atoms with E-state index in [1.54, 1.807) is 0 Å². The third-order valence-corrected chi connectivity index (χ3v) is 4.90. The predicted molar refractivity (Wildman–Crippen MR) is 72.1 cm³/mol. The Morgan fingerprint density at radius 3 is 2.61 bits per heavy atom. The molecule has 3 heteroatoms. The molecule has 2 N–H and O–H groups in total. The van der Waals surface area contributed by atoms with Crippen LogP contribution < -0.4 is 5.73 Å². The lowest BCUT2D eigenvalue weighted by Crippen LogP contribution is -2.56. The first-order chi connectivity index (χ1) is 8.52. The zero-order valence-corrected chi connectivity index (χ0v) is 11.8. The second-order valence-electron chi connectivity index (χ2n) is 6.49. The highest BCUT2D eigenvalue weighted by atomic mass is 16.5. The lowest BCUT2D eigenvalue weighted by atomic mass is 9.74. The van der Waals surface area contributed by atoms with Crippen LogP contribution in [0.4, 0.5) is 0 Å². The maximum absolute atomic E-state index is 12.4. The first kappa shape index (κ1) is 13.9. The Kier molecular flexibility index (Phi) is 4.31. The molecule has 2 aliphatic carbocycles. The van der Waals surface area contributed by atoms with Crippen molar-refractivity contribution in [2.45, 2.75) is 76.9 Å². The summed E-state index contributed by atoms with van der Waals surface area (Å²) in [6.07, 6.45) is 8.64. The molecule has 0 aromatic carbocycles. The molecule has 4 atom stereocenters. The van der Waals surface area contributed by atoms with E-state index in [0.29, 0.717) is 5.92 Å². The molecule has 0 heterocycles. The molecule has 0 aromatic heterocycles. The van der Waals surface area contributed by atoms with Gasteiger partial charge in [-0.15, -0.1) is 0 Å². The summed E-state index contributed by atoms with van der Waals surface area (Å²) < 4.78 is 5.71. The molecule has 0 aromatic rings. The topological polar surface area (TPSA) is 52.3 Å². The molecule has 104 valence electrons. The highest BCUT2D eigenvalue weighted by Gasteiger charge is 2.43. The van der Waals surface area contributed by atoms with Crippen LogP contribution in [0.2, 0.25) is 0 Å². The number of esters is 1. The van der Waals surface area contributed by atoms with Crippen LogP contribution in [0.1, 0.15) is 65.2 Å². The van der Waals surface area contributed by atoms with E-state index < -0.39 is 5.54 Å². The first-order valence-corrected chi connectivity index (χ1v) is 7.52. The number of carbonyl (C=O) groups is 1. The van der Waals surface area contributed by atoms with Crippen molar-refractivity contribution in [1.29, 1.82) is 0 Å². The van der Waals surface area contributed by atoms with Gasteiger partial charge < -0.3 is 10.5 Å². The molecule has 0 saturated heterocycles. The molecule has 0 amide bonds. The molecule has 18 heavy (non-hydrogen) atoms. The van der Waals surface area contributed by atoms with Gasteiger partial charge in [0.25, 0.3) is 0 Å². The minimum absolute atomic E-state index is 0.107. The molecule has 4 unspecified atom stereocenters. The van der Waals surface area contributed by atoms with Crippen LogP contribution in [0.15, 0.2) is 0 Å². The summed E-state index contributed by atoms with van der Waals surface area (Å²) in [6.45, 7) is 4.32. The summed E-state index contributed by atoms with van der Waals surface area (Å²) in [7, 11) is 0. The molecule has 3 nitrogen and oxygen atoms in total. The number of hydrogen-bond donors (Lipinski definition) is 1. The van der Waals surface area contributed by atoms with Gasteiger partial charge in [-0.05, 0) is 43.9 Å². The normalized spacial score (nSPS) is 41.4. The van der Waals surface area contributed by atoms with E-state index in [2.05, 4.69) is 13.8 Å². The maximum atomic E-state index is 12.4. The predicted octanol–water partition coefficient (Wildman–Crippen LogP) is 3.02. The summed E-state index contributed by atoms with van der Waals surface area (Å²) in [5.41, 5.74) is 5.60. The van der Waals surface area contributed by atoms with Crippen LogP contribution >= 0.6 is 0 Å². The van der Waals surface area contributed by atoms with Gasteiger partial charge in [-0.1, -0.05) is 33.1 Å². The van der Waals surface area contributed by atoms with Crippen LogP contribution in [0.5, 0.6) is 0 Å². The van der Waals surface area contributed by atoms with Crippen molar-refractivity contribution >= 4 is 5.97 Å². The number of rotatable bonds is 2. The highest BCUT2D eigenvalue weighted by molar-refractivity contribution is 5.81. The van der Waals surface area contributed by atoms with E-state index in [1.165, 1.54) is 19.3 Å². The Morgan fingerprint density at radius 2 is 1.94 bits per heavy atom. The molecular formula is C15H27NO2. The summed E-state index contributed by atoms with van der Waals surface area (Å²) in [5.74, 6) is 0.780. The smallest absolute Gasteiger partial charge is 0.326 e. The van der Waals surface area contributed by atoms with Crippen LogP contribution in [-0.4, -0.2) is 17.6 Å². The second-order valence-corrected chi connectivity index (χ2v) is 6.49. The monoisotopic (exact) mass is 253 g/mol. The van der Waals surface area contributed by atoms with Gasteiger partial charge in [0.05, 0.1) is 0 Å². The van der Waals surface area contributed by atoms with E-state index in [0.717, 1.165) is 32.1 Å². The van der Waals surface area contributed by atoms with Crippen LogP contribution in [0, 0.1) is 11.8 Å². The zero-order valence-electron chi connectivity index (χ0n) is 11.8.